The van der Waals surface area contributed by atoms with E-state index in [1.807, 2.05) is 0 Å². The average molecular weight is 337 g/mol. The third-order valence-electron chi connectivity index (χ3n) is 2.66. The van der Waals surface area contributed by atoms with Gasteiger partial charge in [-0.3, -0.25) is 0 Å². The molecule has 1 aromatic carbocycles. The van der Waals surface area contributed by atoms with E-state index in [0.29, 0.717) is 0 Å². The van der Waals surface area contributed by atoms with Crippen molar-refractivity contribution in [1.29, 1.82) is 0 Å². The van der Waals surface area contributed by atoms with Gasteiger partial charge in [-0.05, 0) is 11.6 Å². The fourth-order valence-corrected chi connectivity index (χ4v) is 2.99. The molecular weight excluding hydrogens is 322 g/mol. The Bertz CT molecular complexity index is 337. The van der Waals surface area contributed by atoms with Crippen LogP contribution in [0.4, 0.5) is 5.69 Å². The van der Waals surface area contributed by atoms with Gasteiger partial charge < -0.3 is 10.2 Å². The summed E-state index contributed by atoms with van der Waals surface area (Å²) in [6, 6.07) is 6.31. The molecule has 0 unspecified atom stereocenters. The van der Waals surface area contributed by atoms with E-state index in [-0.39, 0.29) is 0 Å². The van der Waals surface area contributed by atoms with Gasteiger partial charge in [-0.15, -0.1) is 0 Å². The second-order valence-corrected chi connectivity index (χ2v) is 4.76. The molecule has 0 aliphatic carbocycles. The molecule has 0 saturated carbocycles. The molecule has 82 valence electrons. The minimum atomic E-state index is 0.925. The second kappa shape index (κ2) is 5.37. The molecule has 4 heteroatoms. The quantitative estimate of drug-likeness (QED) is 0.660. The third kappa shape index (κ3) is 2.57. The van der Waals surface area contributed by atoms with Crippen LogP contribution in [0.1, 0.15) is 5.56 Å². The third-order valence-corrected chi connectivity index (χ3v) is 3.92. The van der Waals surface area contributed by atoms with Gasteiger partial charge in [0.25, 0.3) is 0 Å². The molecule has 1 aromatic rings. The van der Waals surface area contributed by atoms with Gasteiger partial charge in [-0.25, -0.2) is 0 Å². The van der Waals surface area contributed by atoms with E-state index < -0.39 is 0 Å². The van der Waals surface area contributed by atoms with Gasteiger partial charge in [0.2, 0.25) is 0 Å². The van der Waals surface area contributed by atoms with Crippen LogP contribution in [0.15, 0.2) is 18.2 Å². The van der Waals surface area contributed by atoms with Crippen molar-refractivity contribution in [3.63, 3.8) is 0 Å². The molecule has 15 heavy (non-hydrogen) atoms. The van der Waals surface area contributed by atoms with Crippen LogP contribution in [0.3, 0.4) is 0 Å². The molecule has 1 aliphatic heterocycles. The highest BCUT2D eigenvalue weighted by Gasteiger charge is 2.14. The molecule has 1 aliphatic rings. The number of anilines is 1. The van der Waals surface area contributed by atoms with Crippen molar-refractivity contribution in [1.82, 2.24) is 5.32 Å². The van der Waals surface area contributed by atoms with Gasteiger partial charge in [-0.2, -0.15) is 0 Å². The summed E-state index contributed by atoms with van der Waals surface area (Å²) in [7, 11) is 0. The smallest absolute Gasteiger partial charge is 0.0679 e. The number of piperazine rings is 1. The van der Waals surface area contributed by atoms with Crippen LogP contribution in [-0.4, -0.2) is 26.2 Å². The predicted octanol–water partition coefficient (Wildman–Crippen LogP) is 2.68. The Hall–Kier alpha value is -0.0000000000000000208. The van der Waals surface area contributed by atoms with Crippen LogP contribution in [0, 0.1) is 0 Å². The highest BCUT2D eigenvalue weighted by Crippen LogP contribution is 2.30. The number of halogens is 2. The maximum Gasteiger partial charge on any atom is 0.0679 e. The lowest BCUT2D eigenvalue weighted by molar-refractivity contribution is 0.589. The number of hydrogen-bond acceptors (Lipinski definition) is 2. The molecule has 0 radical (unpaired) electrons. The molecule has 1 fully saturated rings. The average Bonchev–Trinajstić information content (AvgIpc) is 2.30. The molecule has 0 amide bonds. The zero-order valence-electron chi connectivity index (χ0n) is 8.47. The number of benzene rings is 1. The summed E-state index contributed by atoms with van der Waals surface area (Å²) in [6.45, 7) is 4.18. The molecule has 2 nitrogen and oxygen atoms in total. The topological polar surface area (TPSA) is 15.3 Å². The van der Waals surface area contributed by atoms with Crippen LogP contribution in [0.2, 0.25) is 5.02 Å². The summed E-state index contributed by atoms with van der Waals surface area (Å²) in [6.07, 6.45) is 0. The summed E-state index contributed by atoms with van der Waals surface area (Å²) in [5.41, 5.74) is 2.42. The fraction of sp³-hybridized carbons (Fsp3) is 0.455. The van der Waals surface area contributed by atoms with Crippen molar-refractivity contribution >= 4 is 39.9 Å². The lowest BCUT2D eigenvalue weighted by Crippen LogP contribution is -2.43. The Morgan fingerprint density at radius 2 is 2.07 bits per heavy atom. The van der Waals surface area contributed by atoms with E-state index in [4.69, 9.17) is 11.6 Å². The van der Waals surface area contributed by atoms with Crippen molar-refractivity contribution in [2.45, 2.75) is 4.43 Å². The van der Waals surface area contributed by atoms with E-state index in [0.717, 1.165) is 35.6 Å². The number of hydrogen-bond donors (Lipinski definition) is 1. The fourth-order valence-electron chi connectivity index (χ4n) is 1.82. The van der Waals surface area contributed by atoms with Gasteiger partial charge in [0, 0.05) is 30.6 Å². The zero-order valence-corrected chi connectivity index (χ0v) is 11.4. The predicted molar refractivity (Wildman–Crippen MR) is 74.3 cm³/mol. The summed E-state index contributed by atoms with van der Waals surface area (Å²) < 4.78 is 0.969. The number of nitrogens with one attached hydrogen (secondary N) is 1. The minimum Gasteiger partial charge on any atom is -0.368 e. The Balaban J connectivity index is 2.26. The van der Waals surface area contributed by atoms with E-state index in [1.54, 1.807) is 0 Å². The van der Waals surface area contributed by atoms with Gasteiger partial charge in [-0.1, -0.05) is 46.3 Å². The summed E-state index contributed by atoms with van der Waals surface area (Å²) in [5, 5.41) is 4.27. The van der Waals surface area contributed by atoms with Gasteiger partial charge in [0.05, 0.1) is 10.7 Å². The first-order valence-electron chi connectivity index (χ1n) is 5.12. The molecule has 2 rings (SSSR count). The van der Waals surface area contributed by atoms with Gasteiger partial charge in [0.1, 0.15) is 0 Å². The van der Waals surface area contributed by atoms with Crippen molar-refractivity contribution < 1.29 is 0 Å². The first-order valence-corrected chi connectivity index (χ1v) is 7.02. The highest BCUT2D eigenvalue weighted by molar-refractivity contribution is 14.1. The largest absolute Gasteiger partial charge is 0.368 e. The molecule has 0 spiro atoms. The zero-order chi connectivity index (χ0) is 10.7. The Morgan fingerprint density at radius 3 is 2.73 bits per heavy atom. The minimum absolute atomic E-state index is 0.925. The first kappa shape index (κ1) is 11.5. The Kier molecular flexibility index (Phi) is 4.11. The number of rotatable bonds is 2. The van der Waals surface area contributed by atoms with Crippen molar-refractivity contribution in [3.8, 4) is 0 Å². The van der Waals surface area contributed by atoms with Crippen LogP contribution in [0.5, 0.6) is 0 Å². The monoisotopic (exact) mass is 336 g/mol. The maximum atomic E-state index is 6.38. The summed E-state index contributed by atoms with van der Waals surface area (Å²) >= 11 is 8.73. The van der Waals surface area contributed by atoms with Gasteiger partial charge in [0.15, 0.2) is 0 Å². The summed E-state index contributed by atoms with van der Waals surface area (Å²) in [5.74, 6) is 0. The molecule has 0 aromatic heterocycles. The van der Waals surface area contributed by atoms with E-state index in [9.17, 15) is 0 Å². The van der Waals surface area contributed by atoms with Crippen LogP contribution in [-0.2, 0) is 4.43 Å². The van der Waals surface area contributed by atoms with Crippen molar-refractivity contribution in [2.75, 3.05) is 31.1 Å². The van der Waals surface area contributed by atoms with E-state index in [2.05, 4.69) is 51.0 Å². The van der Waals surface area contributed by atoms with E-state index >= 15 is 0 Å². The van der Waals surface area contributed by atoms with Gasteiger partial charge >= 0.3 is 0 Å². The SMILES string of the molecule is Clc1c(CI)cccc1N1CCNCC1. The highest BCUT2D eigenvalue weighted by atomic mass is 127. The standard InChI is InChI=1S/C11H14ClIN2/c12-11-9(8-13)2-1-3-10(11)15-6-4-14-5-7-15/h1-3,14H,4-8H2. The van der Waals surface area contributed by atoms with Crippen LogP contribution < -0.4 is 10.2 Å². The molecule has 1 saturated heterocycles. The lowest BCUT2D eigenvalue weighted by atomic mass is 10.2. The Labute approximate surface area is 109 Å². The normalized spacial score (nSPS) is 16.8. The summed E-state index contributed by atoms with van der Waals surface area (Å²) in [4.78, 5) is 2.36. The lowest BCUT2D eigenvalue weighted by Gasteiger charge is -2.30. The molecule has 0 bridgehead atoms. The molecular formula is C11H14ClIN2. The number of nitrogens with zero attached hydrogens (tertiary/aromatic N) is 1. The van der Waals surface area contributed by atoms with E-state index in [1.165, 1.54) is 11.3 Å². The first-order chi connectivity index (χ1) is 7.33. The van der Waals surface area contributed by atoms with Crippen LogP contribution >= 0.6 is 34.2 Å². The Morgan fingerprint density at radius 1 is 1.33 bits per heavy atom. The van der Waals surface area contributed by atoms with Crippen molar-refractivity contribution in [2.24, 2.45) is 0 Å². The number of alkyl halides is 1. The van der Waals surface area contributed by atoms with Crippen LogP contribution in [0.25, 0.3) is 0 Å². The molecule has 0 atom stereocenters. The second-order valence-electron chi connectivity index (χ2n) is 3.62. The molecule has 1 heterocycles. The van der Waals surface area contributed by atoms with Crippen molar-refractivity contribution in [3.05, 3.63) is 28.8 Å². The molecule has 1 N–H and O–H groups in total. The maximum absolute atomic E-state index is 6.38.